The van der Waals surface area contributed by atoms with Crippen LogP contribution in [0.4, 0.5) is 0 Å². The number of amides is 1. The molecule has 1 aliphatic heterocycles. The smallest absolute Gasteiger partial charge is 0.220 e. The second-order valence-electron chi connectivity index (χ2n) is 4.88. The summed E-state index contributed by atoms with van der Waals surface area (Å²) in [6.07, 6.45) is 1.55. The van der Waals surface area contributed by atoms with E-state index in [0.29, 0.717) is 18.9 Å². The minimum Gasteiger partial charge on any atom is -0.493 e. The van der Waals surface area contributed by atoms with Gasteiger partial charge >= 0.3 is 0 Å². The summed E-state index contributed by atoms with van der Waals surface area (Å²) in [6.45, 7) is 3.30. The number of nitrogens with one attached hydrogen (secondary N) is 1. The maximum absolute atomic E-state index is 11.2. The molecule has 0 aliphatic carbocycles. The Kier molecular flexibility index (Phi) is 4.20. The topological polar surface area (TPSA) is 64.3 Å². The van der Waals surface area contributed by atoms with E-state index in [0.717, 1.165) is 24.3 Å². The van der Waals surface area contributed by atoms with Crippen molar-refractivity contribution in [2.45, 2.75) is 25.8 Å². The number of rotatable bonds is 4. The zero-order chi connectivity index (χ0) is 13.0. The Balaban J connectivity index is 1.89. The summed E-state index contributed by atoms with van der Waals surface area (Å²) in [7, 11) is 0. The number of nitrogens with two attached hydrogens (primary N) is 1. The molecule has 1 aromatic rings. The average molecular weight is 248 g/mol. The van der Waals surface area contributed by atoms with Crippen LogP contribution in [0.25, 0.3) is 0 Å². The highest BCUT2D eigenvalue weighted by molar-refractivity contribution is 5.76. The second kappa shape index (κ2) is 5.87. The van der Waals surface area contributed by atoms with Crippen molar-refractivity contribution in [1.29, 1.82) is 0 Å². The largest absolute Gasteiger partial charge is 0.493 e. The Hall–Kier alpha value is -1.55. The normalized spacial score (nSPS) is 21.2. The number of benzene rings is 1. The number of carbonyl (C=O) groups is 1. The Morgan fingerprint density at radius 2 is 2.39 bits per heavy atom. The minimum atomic E-state index is 0.00834. The highest BCUT2D eigenvalue weighted by Gasteiger charge is 2.19. The van der Waals surface area contributed by atoms with Gasteiger partial charge in [-0.05, 0) is 31.0 Å². The Morgan fingerprint density at radius 1 is 1.56 bits per heavy atom. The molecule has 0 bridgehead atoms. The monoisotopic (exact) mass is 248 g/mol. The van der Waals surface area contributed by atoms with Crippen LogP contribution in [0.3, 0.4) is 0 Å². The predicted molar refractivity (Wildman–Crippen MR) is 70.3 cm³/mol. The third-order valence-electron chi connectivity index (χ3n) is 3.22. The predicted octanol–water partition coefficient (Wildman–Crippen LogP) is 1.61. The third kappa shape index (κ3) is 3.47. The van der Waals surface area contributed by atoms with Gasteiger partial charge in [0.25, 0.3) is 0 Å². The van der Waals surface area contributed by atoms with Crippen molar-refractivity contribution in [2.75, 3.05) is 13.2 Å². The molecule has 0 saturated carbocycles. The number of hydrogen-bond donors (Lipinski definition) is 2. The molecule has 4 heteroatoms. The van der Waals surface area contributed by atoms with Gasteiger partial charge in [0.05, 0.1) is 6.61 Å². The third-order valence-corrected chi connectivity index (χ3v) is 3.22. The second-order valence-corrected chi connectivity index (χ2v) is 4.88. The molecule has 1 heterocycles. The Morgan fingerprint density at radius 3 is 3.11 bits per heavy atom. The fourth-order valence-electron chi connectivity index (χ4n) is 2.10. The van der Waals surface area contributed by atoms with E-state index in [1.807, 2.05) is 31.2 Å². The minimum absolute atomic E-state index is 0.00834. The van der Waals surface area contributed by atoms with Gasteiger partial charge in [0.2, 0.25) is 5.91 Å². The Labute approximate surface area is 108 Å². The number of piperidine rings is 1. The van der Waals surface area contributed by atoms with Crippen LogP contribution < -0.4 is 15.8 Å². The molecular weight excluding hydrogens is 228 g/mol. The maximum Gasteiger partial charge on any atom is 0.220 e. The summed E-state index contributed by atoms with van der Waals surface area (Å²) in [5.74, 6) is 1.27. The first-order valence-corrected chi connectivity index (χ1v) is 6.40. The van der Waals surface area contributed by atoms with Crippen LogP contribution >= 0.6 is 0 Å². The molecule has 2 atom stereocenters. The van der Waals surface area contributed by atoms with E-state index < -0.39 is 0 Å². The van der Waals surface area contributed by atoms with Crippen molar-refractivity contribution in [3.05, 3.63) is 29.8 Å². The molecule has 3 N–H and O–H groups in total. The molecule has 1 aromatic carbocycles. The molecule has 2 unspecified atom stereocenters. The van der Waals surface area contributed by atoms with E-state index in [4.69, 9.17) is 10.5 Å². The summed E-state index contributed by atoms with van der Waals surface area (Å²) in [4.78, 5) is 11.2. The molecule has 1 amide bonds. The van der Waals surface area contributed by atoms with Crippen LogP contribution in [0.15, 0.2) is 24.3 Å². The summed E-state index contributed by atoms with van der Waals surface area (Å²) < 4.78 is 5.75. The van der Waals surface area contributed by atoms with Crippen LogP contribution in [0.5, 0.6) is 5.75 Å². The first-order valence-electron chi connectivity index (χ1n) is 6.40. The van der Waals surface area contributed by atoms with Gasteiger partial charge in [-0.3, -0.25) is 4.79 Å². The SMILES string of the molecule is CC(N)c1cccc(OCC2CCNC(=O)C2)c1. The molecule has 0 aromatic heterocycles. The molecule has 1 aliphatic rings. The van der Waals surface area contributed by atoms with Crippen molar-refractivity contribution in [1.82, 2.24) is 5.32 Å². The summed E-state index contributed by atoms with van der Waals surface area (Å²) in [5, 5.41) is 2.82. The molecule has 18 heavy (non-hydrogen) atoms. The lowest BCUT2D eigenvalue weighted by Gasteiger charge is -2.22. The number of ether oxygens (including phenoxy) is 1. The highest BCUT2D eigenvalue weighted by Crippen LogP contribution is 2.20. The van der Waals surface area contributed by atoms with Crippen molar-refractivity contribution in [2.24, 2.45) is 11.7 Å². The molecule has 1 fully saturated rings. The first kappa shape index (κ1) is 12.9. The van der Waals surface area contributed by atoms with Crippen LogP contribution in [0.1, 0.15) is 31.4 Å². The van der Waals surface area contributed by atoms with Crippen molar-refractivity contribution < 1.29 is 9.53 Å². The van der Waals surface area contributed by atoms with Crippen molar-refractivity contribution in [3.63, 3.8) is 0 Å². The lowest BCUT2D eigenvalue weighted by molar-refractivity contribution is -0.123. The maximum atomic E-state index is 11.2. The van der Waals surface area contributed by atoms with E-state index >= 15 is 0 Å². The quantitative estimate of drug-likeness (QED) is 0.851. The van der Waals surface area contributed by atoms with Crippen molar-refractivity contribution in [3.8, 4) is 5.75 Å². The average Bonchev–Trinajstić information content (AvgIpc) is 2.37. The van der Waals surface area contributed by atoms with E-state index in [2.05, 4.69) is 5.32 Å². The van der Waals surface area contributed by atoms with Crippen LogP contribution in [-0.2, 0) is 4.79 Å². The number of carbonyl (C=O) groups excluding carboxylic acids is 1. The van der Waals surface area contributed by atoms with Gasteiger partial charge in [-0.15, -0.1) is 0 Å². The fourth-order valence-corrected chi connectivity index (χ4v) is 2.10. The van der Waals surface area contributed by atoms with Gasteiger partial charge in [-0.1, -0.05) is 12.1 Å². The van der Waals surface area contributed by atoms with Gasteiger partial charge in [-0.2, -0.15) is 0 Å². The van der Waals surface area contributed by atoms with Gasteiger partial charge in [0, 0.05) is 24.9 Å². The molecule has 0 spiro atoms. The van der Waals surface area contributed by atoms with Crippen LogP contribution in [0.2, 0.25) is 0 Å². The van der Waals surface area contributed by atoms with Gasteiger partial charge in [-0.25, -0.2) is 0 Å². The molecule has 4 nitrogen and oxygen atoms in total. The lowest BCUT2D eigenvalue weighted by Crippen LogP contribution is -2.35. The summed E-state index contributed by atoms with van der Waals surface area (Å²) in [6, 6.07) is 7.84. The standard InChI is InChI=1S/C14H20N2O2/c1-10(15)12-3-2-4-13(8-12)18-9-11-5-6-16-14(17)7-11/h2-4,8,10-11H,5-7,9,15H2,1H3,(H,16,17). The van der Waals surface area contributed by atoms with Gasteiger partial charge in [0.15, 0.2) is 0 Å². The fraction of sp³-hybridized carbons (Fsp3) is 0.500. The van der Waals surface area contributed by atoms with Gasteiger partial charge in [0.1, 0.15) is 5.75 Å². The zero-order valence-corrected chi connectivity index (χ0v) is 10.7. The molecular formula is C14H20N2O2. The van der Waals surface area contributed by atoms with E-state index in [9.17, 15) is 4.79 Å². The summed E-state index contributed by atoms with van der Waals surface area (Å²) >= 11 is 0. The zero-order valence-electron chi connectivity index (χ0n) is 10.7. The lowest BCUT2D eigenvalue weighted by atomic mass is 9.99. The van der Waals surface area contributed by atoms with Gasteiger partial charge < -0.3 is 15.8 Å². The molecule has 0 radical (unpaired) electrons. The molecule has 98 valence electrons. The van der Waals surface area contributed by atoms with E-state index in [1.165, 1.54) is 0 Å². The van der Waals surface area contributed by atoms with Crippen LogP contribution in [-0.4, -0.2) is 19.1 Å². The molecule has 1 saturated heterocycles. The van der Waals surface area contributed by atoms with E-state index in [-0.39, 0.29) is 11.9 Å². The number of hydrogen-bond acceptors (Lipinski definition) is 3. The van der Waals surface area contributed by atoms with Crippen molar-refractivity contribution >= 4 is 5.91 Å². The van der Waals surface area contributed by atoms with Crippen LogP contribution in [0, 0.1) is 5.92 Å². The first-order chi connectivity index (χ1) is 8.65. The molecule has 2 rings (SSSR count). The highest BCUT2D eigenvalue weighted by atomic mass is 16.5. The summed E-state index contributed by atoms with van der Waals surface area (Å²) in [5.41, 5.74) is 6.90. The Bertz CT molecular complexity index is 418. The van der Waals surface area contributed by atoms with E-state index in [1.54, 1.807) is 0 Å².